The molecule has 0 saturated heterocycles. The number of amides is 1. The van der Waals surface area contributed by atoms with E-state index in [1.165, 1.54) is 11.3 Å². The highest BCUT2D eigenvalue weighted by Crippen LogP contribution is 2.09. The van der Waals surface area contributed by atoms with Crippen LogP contribution in [0.2, 0.25) is 0 Å². The zero-order valence-electron chi connectivity index (χ0n) is 14.8. The van der Waals surface area contributed by atoms with Crippen LogP contribution in [0.1, 0.15) is 54.9 Å². The fourth-order valence-corrected chi connectivity index (χ4v) is 1.02. The number of likely N-dealkylation sites (N-methyl/N-ethyl adjacent to an activating group) is 1. The van der Waals surface area contributed by atoms with E-state index in [4.69, 9.17) is 9.47 Å². The van der Waals surface area contributed by atoms with Crippen molar-refractivity contribution in [2.45, 2.75) is 60.5 Å². The summed E-state index contributed by atoms with van der Waals surface area (Å²) < 4.78 is 10.0. The fraction of sp³-hybridized carbons (Fsp3) is 0.750. The predicted molar refractivity (Wildman–Crippen MR) is 85.2 cm³/mol. The van der Waals surface area contributed by atoms with Crippen molar-refractivity contribution >= 4 is 12.1 Å². The second-order valence-electron chi connectivity index (χ2n) is 5.68. The van der Waals surface area contributed by atoms with Crippen LogP contribution in [-0.4, -0.2) is 42.8 Å². The number of ether oxygens (including phenoxy) is 2. The minimum atomic E-state index is -0.523. The monoisotopic (exact) mass is 301 g/mol. The van der Waals surface area contributed by atoms with Crippen LogP contribution in [0.3, 0.4) is 0 Å². The van der Waals surface area contributed by atoms with E-state index in [1.807, 2.05) is 0 Å². The van der Waals surface area contributed by atoms with Gasteiger partial charge in [-0.15, -0.1) is 0 Å². The lowest BCUT2D eigenvalue weighted by Crippen LogP contribution is -2.34. The lowest BCUT2D eigenvalue weighted by molar-refractivity contribution is -0.138. The van der Waals surface area contributed by atoms with Gasteiger partial charge in [0.1, 0.15) is 5.60 Å². The summed E-state index contributed by atoms with van der Waals surface area (Å²) in [7, 11) is 1.61. The summed E-state index contributed by atoms with van der Waals surface area (Å²) >= 11 is 0. The molecule has 0 aromatic carbocycles. The first-order valence-corrected chi connectivity index (χ1v) is 7.36. The second kappa shape index (κ2) is 11.2. The molecule has 0 aliphatic heterocycles. The topological polar surface area (TPSA) is 55.8 Å². The molecule has 21 heavy (non-hydrogen) atoms. The Labute approximate surface area is 129 Å². The number of esters is 1. The van der Waals surface area contributed by atoms with E-state index in [9.17, 15) is 9.59 Å². The molecule has 0 saturated carbocycles. The van der Waals surface area contributed by atoms with Crippen molar-refractivity contribution in [2.75, 3.05) is 20.2 Å². The minimum absolute atomic E-state index is 0.305. The highest BCUT2D eigenvalue weighted by molar-refractivity contribution is 5.87. The molecular weight excluding hydrogens is 270 g/mol. The van der Waals surface area contributed by atoms with Gasteiger partial charge in [-0.05, 0) is 34.6 Å². The normalized spacial score (nSPS) is 11.1. The first-order chi connectivity index (χ1) is 9.58. The Kier molecular flexibility index (Phi) is 11.6. The Balaban J connectivity index is 0. The van der Waals surface area contributed by atoms with Crippen LogP contribution in [-0.2, 0) is 14.3 Å². The quantitative estimate of drug-likeness (QED) is 0.586. The van der Waals surface area contributed by atoms with Gasteiger partial charge in [-0.2, -0.15) is 0 Å². The molecule has 0 rings (SSSR count). The maximum Gasteiger partial charge on any atom is 0.410 e. The van der Waals surface area contributed by atoms with Crippen LogP contribution < -0.4 is 0 Å². The van der Waals surface area contributed by atoms with Gasteiger partial charge in [0.25, 0.3) is 0 Å². The predicted octanol–water partition coefficient (Wildman–Crippen LogP) is 3.78. The van der Waals surface area contributed by atoms with Gasteiger partial charge >= 0.3 is 12.1 Å². The molecule has 0 aromatic heterocycles. The van der Waals surface area contributed by atoms with Crippen LogP contribution in [0.5, 0.6) is 0 Å². The summed E-state index contributed by atoms with van der Waals surface area (Å²) in [6.07, 6.45) is 2.47. The van der Waals surface area contributed by atoms with Crippen LogP contribution in [0.4, 0.5) is 4.79 Å². The molecule has 0 unspecified atom stereocenters. The van der Waals surface area contributed by atoms with Crippen LogP contribution >= 0.6 is 0 Å². The van der Waals surface area contributed by atoms with E-state index in [2.05, 4.69) is 13.8 Å². The molecule has 0 aliphatic carbocycles. The van der Waals surface area contributed by atoms with Crippen LogP contribution in [0.15, 0.2) is 11.6 Å². The molecule has 0 spiro atoms. The van der Waals surface area contributed by atoms with Crippen molar-refractivity contribution in [3.63, 3.8) is 0 Å². The third-order valence-corrected chi connectivity index (χ3v) is 1.97. The van der Waals surface area contributed by atoms with Gasteiger partial charge in [0, 0.05) is 19.2 Å². The smallest absolute Gasteiger partial charge is 0.410 e. The summed E-state index contributed by atoms with van der Waals surface area (Å²) in [6, 6.07) is 0. The number of hydrogen-bond donors (Lipinski definition) is 0. The van der Waals surface area contributed by atoms with Crippen molar-refractivity contribution < 1.29 is 19.1 Å². The highest BCUT2D eigenvalue weighted by atomic mass is 16.6. The standard InChI is InChI=1S/C13H23NO4.C3H8/c1-7-17-11(15)10(2)8-9-14(6)12(16)18-13(3,4)5;1-3-2/h8H,7,9H2,1-6H3;3H2,1-2H3/b10-8+;. The zero-order chi connectivity index (χ0) is 17.1. The fourth-order valence-electron chi connectivity index (χ4n) is 1.02. The summed E-state index contributed by atoms with van der Waals surface area (Å²) in [5.74, 6) is -0.366. The van der Waals surface area contributed by atoms with Crippen LogP contribution in [0, 0.1) is 0 Å². The van der Waals surface area contributed by atoms with Gasteiger partial charge in [-0.3, -0.25) is 0 Å². The second-order valence-corrected chi connectivity index (χ2v) is 5.68. The van der Waals surface area contributed by atoms with E-state index >= 15 is 0 Å². The van der Waals surface area contributed by atoms with E-state index in [0.717, 1.165) is 0 Å². The molecule has 0 atom stereocenters. The molecule has 1 amide bonds. The molecule has 124 valence electrons. The Hall–Kier alpha value is -1.52. The van der Waals surface area contributed by atoms with Crippen LogP contribution in [0.25, 0.3) is 0 Å². The number of hydrogen-bond acceptors (Lipinski definition) is 4. The molecule has 0 N–H and O–H groups in total. The molecule has 0 aliphatic rings. The Morgan fingerprint density at radius 2 is 1.62 bits per heavy atom. The number of carbonyl (C=O) groups is 2. The lowest BCUT2D eigenvalue weighted by atomic mass is 10.2. The van der Waals surface area contributed by atoms with Crippen molar-refractivity contribution in [1.29, 1.82) is 0 Å². The van der Waals surface area contributed by atoms with Gasteiger partial charge in [-0.25, -0.2) is 9.59 Å². The van der Waals surface area contributed by atoms with Gasteiger partial charge < -0.3 is 14.4 Å². The van der Waals surface area contributed by atoms with E-state index in [-0.39, 0.29) is 5.97 Å². The molecule has 5 heteroatoms. The molecule has 0 fully saturated rings. The van der Waals surface area contributed by atoms with E-state index in [0.29, 0.717) is 18.7 Å². The SMILES string of the molecule is CCC.CCOC(=O)/C(C)=C/CN(C)C(=O)OC(C)(C)C. The summed E-state index contributed by atoms with van der Waals surface area (Å²) in [4.78, 5) is 24.4. The van der Waals surface area contributed by atoms with Gasteiger partial charge in [0.15, 0.2) is 0 Å². The zero-order valence-corrected chi connectivity index (χ0v) is 14.8. The molecule has 0 heterocycles. The van der Waals surface area contributed by atoms with Gasteiger partial charge in [0.2, 0.25) is 0 Å². The average Bonchev–Trinajstić information content (AvgIpc) is 2.34. The maximum atomic E-state index is 11.6. The summed E-state index contributed by atoms with van der Waals surface area (Å²) in [6.45, 7) is 13.7. The average molecular weight is 301 g/mol. The Morgan fingerprint density at radius 3 is 2.00 bits per heavy atom. The molecule has 0 bridgehead atoms. The third kappa shape index (κ3) is 13.2. The first-order valence-electron chi connectivity index (χ1n) is 7.36. The van der Waals surface area contributed by atoms with Gasteiger partial charge in [0.05, 0.1) is 6.61 Å². The summed E-state index contributed by atoms with van der Waals surface area (Å²) in [5, 5.41) is 0. The third-order valence-electron chi connectivity index (χ3n) is 1.97. The molecule has 0 aromatic rings. The number of nitrogens with zero attached hydrogens (tertiary/aromatic N) is 1. The van der Waals surface area contributed by atoms with E-state index in [1.54, 1.807) is 47.7 Å². The van der Waals surface area contributed by atoms with Crippen molar-refractivity contribution in [3.8, 4) is 0 Å². The molecule has 5 nitrogen and oxygen atoms in total. The minimum Gasteiger partial charge on any atom is -0.463 e. The van der Waals surface area contributed by atoms with Crippen molar-refractivity contribution in [2.24, 2.45) is 0 Å². The largest absolute Gasteiger partial charge is 0.463 e. The summed E-state index contributed by atoms with van der Waals surface area (Å²) in [5.41, 5.74) is -0.0436. The highest BCUT2D eigenvalue weighted by Gasteiger charge is 2.19. The van der Waals surface area contributed by atoms with E-state index < -0.39 is 11.7 Å². The molecular formula is C16H31NO4. The van der Waals surface area contributed by atoms with Crippen molar-refractivity contribution in [1.82, 2.24) is 4.90 Å². The molecule has 0 radical (unpaired) electrons. The van der Waals surface area contributed by atoms with Crippen molar-refractivity contribution in [3.05, 3.63) is 11.6 Å². The maximum absolute atomic E-state index is 11.6. The van der Waals surface area contributed by atoms with Gasteiger partial charge in [-0.1, -0.05) is 26.3 Å². The first kappa shape index (κ1) is 21.8. The lowest BCUT2D eigenvalue weighted by Gasteiger charge is -2.24. The number of carbonyl (C=O) groups excluding carboxylic acids is 2. The Bertz CT molecular complexity index is 343. The Morgan fingerprint density at radius 1 is 1.14 bits per heavy atom. The number of rotatable bonds is 4.